The monoisotopic (exact) mass is 194 g/mol. The lowest BCUT2D eigenvalue weighted by molar-refractivity contribution is 0.228. The van der Waals surface area contributed by atoms with Crippen molar-refractivity contribution in [1.82, 2.24) is 0 Å². The van der Waals surface area contributed by atoms with Crippen LogP contribution in [0.15, 0.2) is 0 Å². The third-order valence-electron chi connectivity index (χ3n) is 4.95. The second kappa shape index (κ2) is 3.87. The molecule has 0 nitrogen and oxygen atoms in total. The van der Waals surface area contributed by atoms with Gasteiger partial charge in [-0.05, 0) is 49.4 Å². The Morgan fingerprint density at radius 3 is 1.43 bits per heavy atom. The fraction of sp³-hybridized carbons (Fsp3) is 1.00. The maximum absolute atomic E-state index is 2.55. The second-order valence-electron chi connectivity index (χ2n) is 6.54. The molecular weight excluding hydrogens is 168 g/mol. The molecule has 0 aromatic rings. The van der Waals surface area contributed by atoms with Crippen molar-refractivity contribution >= 4 is 0 Å². The number of rotatable bonds is 0. The largest absolute Gasteiger partial charge is 0.0596 e. The highest BCUT2D eigenvalue weighted by atomic mass is 14.4. The van der Waals surface area contributed by atoms with Gasteiger partial charge >= 0.3 is 0 Å². The molecule has 2 fully saturated rings. The first-order valence-electron chi connectivity index (χ1n) is 6.62. The Morgan fingerprint density at radius 1 is 0.500 bits per heavy atom. The summed E-state index contributed by atoms with van der Waals surface area (Å²) in [7, 11) is 0. The molecule has 2 bridgehead atoms. The third kappa shape index (κ3) is 2.32. The Kier molecular flexibility index (Phi) is 2.91. The summed E-state index contributed by atoms with van der Waals surface area (Å²) in [6, 6.07) is 0. The molecule has 0 heterocycles. The molecule has 0 amide bonds. The summed E-state index contributed by atoms with van der Waals surface area (Å²) in [5, 5.41) is 0. The van der Waals surface area contributed by atoms with Gasteiger partial charge in [-0.1, -0.05) is 39.5 Å². The number of hydrogen-bond acceptors (Lipinski definition) is 0. The van der Waals surface area contributed by atoms with Crippen LogP contribution in [0.25, 0.3) is 0 Å². The minimum Gasteiger partial charge on any atom is -0.0596 e. The lowest BCUT2D eigenvalue weighted by atomic mass is 9.77. The van der Waals surface area contributed by atoms with E-state index < -0.39 is 0 Å². The third-order valence-corrected chi connectivity index (χ3v) is 4.95. The van der Waals surface area contributed by atoms with Gasteiger partial charge in [-0.25, -0.2) is 0 Å². The van der Waals surface area contributed by atoms with Crippen LogP contribution in [0.2, 0.25) is 0 Å². The minimum atomic E-state index is 0.710. The Bertz CT molecular complexity index is 168. The molecule has 0 aromatic carbocycles. The van der Waals surface area contributed by atoms with E-state index in [1.54, 1.807) is 0 Å². The predicted molar refractivity (Wildman–Crippen MR) is 62.4 cm³/mol. The van der Waals surface area contributed by atoms with Crippen LogP contribution in [0.3, 0.4) is 0 Å². The van der Waals surface area contributed by atoms with Crippen molar-refractivity contribution in [3.05, 3.63) is 0 Å². The van der Waals surface area contributed by atoms with Gasteiger partial charge in [-0.3, -0.25) is 0 Å². The highest BCUT2D eigenvalue weighted by Crippen LogP contribution is 2.48. The van der Waals surface area contributed by atoms with Crippen molar-refractivity contribution in [2.24, 2.45) is 10.8 Å². The molecule has 0 spiro atoms. The van der Waals surface area contributed by atoms with Crippen LogP contribution in [0.4, 0.5) is 0 Å². The SMILES string of the molecule is CC12CCCCCC(C)(CCC1)CC2. The number of hydrogen-bond donors (Lipinski definition) is 0. The molecule has 2 rings (SSSR count). The zero-order valence-electron chi connectivity index (χ0n) is 10.1. The van der Waals surface area contributed by atoms with Crippen LogP contribution in [0.5, 0.6) is 0 Å². The van der Waals surface area contributed by atoms with E-state index in [9.17, 15) is 0 Å². The van der Waals surface area contributed by atoms with Gasteiger partial charge in [0.15, 0.2) is 0 Å². The molecule has 0 radical (unpaired) electrons. The maximum Gasteiger partial charge on any atom is -0.0326 e. The van der Waals surface area contributed by atoms with Crippen molar-refractivity contribution in [3.8, 4) is 0 Å². The Balaban J connectivity index is 2.12. The molecule has 2 unspecified atom stereocenters. The molecular formula is C14H26. The first-order chi connectivity index (χ1) is 6.62. The van der Waals surface area contributed by atoms with E-state index in [0.29, 0.717) is 10.8 Å². The van der Waals surface area contributed by atoms with Gasteiger partial charge in [0.2, 0.25) is 0 Å². The molecule has 2 aliphatic rings. The van der Waals surface area contributed by atoms with E-state index in [1.165, 1.54) is 64.2 Å². The molecule has 2 saturated carbocycles. The van der Waals surface area contributed by atoms with Gasteiger partial charge in [-0.15, -0.1) is 0 Å². The van der Waals surface area contributed by atoms with Crippen LogP contribution >= 0.6 is 0 Å². The maximum atomic E-state index is 2.55. The van der Waals surface area contributed by atoms with Crippen LogP contribution < -0.4 is 0 Å². The molecule has 0 heteroatoms. The summed E-state index contributed by atoms with van der Waals surface area (Å²) in [6.45, 7) is 5.09. The molecule has 2 atom stereocenters. The molecule has 2 aliphatic carbocycles. The van der Waals surface area contributed by atoms with Gasteiger partial charge in [0.1, 0.15) is 0 Å². The normalized spacial score (nSPS) is 45.0. The Hall–Kier alpha value is 0. The van der Waals surface area contributed by atoms with Crippen molar-refractivity contribution in [1.29, 1.82) is 0 Å². The standard InChI is InChI=1S/C14H26/c1-13-7-4-3-5-8-14(2,12-11-13)10-6-9-13/h3-12H2,1-2H3. The lowest BCUT2D eigenvalue weighted by Crippen LogP contribution is -2.16. The van der Waals surface area contributed by atoms with E-state index in [-0.39, 0.29) is 0 Å². The first kappa shape index (κ1) is 10.5. The highest BCUT2D eigenvalue weighted by molar-refractivity contribution is 4.86. The predicted octanol–water partition coefficient (Wildman–Crippen LogP) is 4.93. The molecule has 82 valence electrons. The minimum absolute atomic E-state index is 0.710. The average molecular weight is 194 g/mol. The fourth-order valence-electron chi connectivity index (χ4n) is 3.58. The van der Waals surface area contributed by atoms with Crippen molar-refractivity contribution in [3.63, 3.8) is 0 Å². The summed E-state index contributed by atoms with van der Waals surface area (Å²) >= 11 is 0. The van der Waals surface area contributed by atoms with Gasteiger partial charge < -0.3 is 0 Å². The van der Waals surface area contributed by atoms with Crippen molar-refractivity contribution in [2.45, 2.75) is 78.1 Å². The first-order valence-corrected chi connectivity index (χ1v) is 6.62. The van der Waals surface area contributed by atoms with E-state index in [1.807, 2.05) is 0 Å². The van der Waals surface area contributed by atoms with Gasteiger partial charge in [0.25, 0.3) is 0 Å². The van der Waals surface area contributed by atoms with Gasteiger partial charge in [0, 0.05) is 0 Å². The highest BCUT2D eigenvalue weighted by Gasteiger charge is 2.34. The average Bonchev–Trinajstić information content (AvgIpc) is 2.23. The van der Waals surface area contributed by atoms with Crippen LogP contribution in [-0.4, -0.2) is 0 Å². The topological polar surface area (TPSA) is 0 Å². The summed E-state index contributed by atoms with van der Waals surface area (Å²) < 4.78 is 0. The zero-order chi connectivity index (χ0) is 10.1. The number of fused-ring (bicyclic) bond motifs is 3. The van der Waals surface area contributed by atoms with Crippen LogP contribution in [0, 0.1) is 10.8 Å². The van der Waals surface area contributed by atoms with E-state index >= 15 is 0 Å². The second-order valence-corrected chi connectivity index (χ2v) is 6.54. The van der Waals surface area contributed by atoms with E-state index in [0.717, 1.165) is 0 Å². The Labute approximate surface area is 89.5 Å². The van der Waals surface area contributed by atoms with Gasteiger partial charge in [0.05, 0.1) is 0 Å². The van der Waals surface area contributed by atoms with Gasteiger partial charge in [-0.2, -0.15) is 0 Å². The van der Waals surface area contributed by atoms with E-state index in [2.05, 4.69) is 13.8 Å². The fourth-order valence-corrected chi connectivity index (χ4v) is 3.58. The Morgan fingerprint density at radius 2 is 0.929 bits per heavy atom. The van der Waals surface area contributed by atoms with E-state index in [4.69, 9.17) is 0 Å². The molecule has 0 saturated heterocycles. The van der Waals surface area contributed by atoms with Crippen LogP contribution in [-0.2, 0) is 0 Å². The zero-order valence-corrected chi connectivity index (χ0v) is 10.1. The molecule has 14 heavy (non-hydrogen) atoms. The summed E-state index contributed by atoms with van der Waals surface area (Å²) in [4.78, 5) is 0. The summed E-state index contributed by atoms with van der Waals surface area (Å²) in [5.41, 5.74) is 1.42. The quantitative estimate of drug-likeness (QED) is 0.513. The van der Waals surface area contributed by atoms with Crippen molar-refractivity contribution < 1.29 is 0 Å². The van der Waals surface area contributed by atoms with Crippen molar-refractivity contribution in [2.75, 3.05) is 0 Å². The van der Waals surface area contributed by atoms with Crippen LogP contribution in [0.1, 0.15) is 78.1 Å². The summed E-state index contributed by atoms with van der Waals surface area (Å²) in [6.07, 6.45) is 15.0. The molecule has 0 aromatic heterocycles. The smallest absolute Gasteiger partial charge is 0.0326 e. The molecule has 0 N–H and O–H groups in total. The molecule has 0 aliphatic heterocycles. The lowest BCUT2D eigenvalue weighted by Gasteiger charge is -2.29. The summed E-state index contributed by atoms with van der Waals surface area (Å²) in [5.74, 6) is 0.